The molecule has 20 heteroatoms. The minimum Gasteiger partial charge on any atom is -0.462 e. The van der Waals surface area contributed by atoms with Gasteiger partial charge >= 0.3 is 23.9 Å². The summed E-state index contributed by atoms with van der Waals surface area (Å²) in [7, 11) is 0. The number of carbonyl (C=O) groups excluding carboxylic acids is 4. The van der Waals surface area contributed by atoms with E-state index in [0.29, 0.717) is 0 Å². The Kier molecular flexibility index (Phi) is 26.6. The normalized spacial score (nSPS) is 25.2. The number of hydrogen-bond acceptors (Lipinski definition) is 20. The van der Waals surface area contributed by atoms with E-state index in [9.17, 15) is 19.2 Å². The lowest BCUT2D eigenvalue weighted by molar-refractivity contribution is -0.360. The predicted octanol–water partition coefficient (Wildman–Crippen LogP) is 10.3. The zero-order valence-electron chi connectivity index (χ0n) is 53.6. The average Bonchev–Trinajstić information content (AvgIpc) is 1.77. The molecule has 3 aliphatic rings. The molecule has 20 nitrogen and oxygen atoms in total. The summed E-state index contributed by atoms with van der Waals surface area (Å²) in [5.74, 6) is -3.10. The fourth-order valence-corrected chi connectivity index (χ4v) is 11.5. The first-order chi connectivity index (χ1) is 46.4. The van der Waals surface area contributed by atoms with Crippen molar-refractivity contribution in [2.24, 2.45) is 0 Å². The molecular formula is C75H82O20. The van der Waals surface area contributed by atoms with Crippen molar-refractivity contribution in [3.8, 4) is 0 Å². The van der Waals surface area contributed by atoms with Gasteiger partial charge in [-0.1, -0.05) is 212 Å². The molecule has 3 heterocycles. The Morgan fingerprint density at radius 1 is 0.326 bits per heavy atom. The molecular weight excluding hydrogens is 1220 g/mol. The van der Waals surface area contributed by atoms with Crippen LogP contribution in [0, 0.1) is 0 Å². The zero-order valence-corrected chi connectivity index (χ0v) is 53.6. The molecule has 3 saturated heterocycles. The molecule has 95 heavy (non-hydrogen) atoms. The molecule has 3 aliphatic heterocycles. The van der Waals surface area contributed by atoms with Crippen LogP contribution in [-0.4, -0.2) is 136 Å². The lowest BCUT2D eigenvalue weighted by atomic mass is 9.96. The Morgan fingerprint density at radius 2 is 0.674 bits per heavy atom. The van der Waals surface area contributed by atoms with Gasteiger partial charge < -0.3 is 75.8 Å². The zero-order chi connectivity index (χ0) is 66.1. The minimum absolute atomic E-state index is 0.00891. The third-order valence-corrected chi connectivity index (χ3v) is 15.9. The number of hydrogen-bond donors (Lipinski definition) is 0. The molecule has 0 aliphatic carbocycles. The first kappa shape index (κ1) is 69.8. The van der Waals surface area contributed by atoms with E-state index in [1.807, 2.05) is 212 Å². The number of carbonyl (C=O) groups is 4. The first-order valence-electron chi connectivity index (χ1n) is 31.8. The van der Waals surface area contributed by atoms with E-state index in [1.54, 1.807) is 0 Å². The number of ether oxygens (including phenoxy) is 16. The fourth-order valence-electron chi connectivity index (χ4n) is 11.5. The highest BCUT2D eigenvalue weighted by molar-refractivity contribution is 5.68. The molecule has 7 aromatic carbocycles. The van der Waals surface area contributed by atoms with Gasteiger partial charge in [0.1, 0.15) is 67.6 Å². The molecule has 7 aromatic rings. The number of esters is 4. The monoisotopic (exact) mass is 1300 g/mol. The molecule has 0 spiro atoms. The smallest absolute Gasteiger partial charge is 0.305 e. The van der Waals surface area contributed by atoms with Gasteiger partial charge in [0.2, 0.25) is 6.29 Å². The predicted molar refractivity (Wildman–Crippen MR) is 343 cm³/mol. The van der Waals surface area contributed by atoms with Crippen molar-refractivity contribution in [1.82, 2.24) is 0 Å². The summed E-state index contributed by atoms with van der Waals surface area (Å²) >= 11 is 0. The van der Waals surface area contributed by atoms with E-state index in [-0.39, 0.29) is 59.5 Å². The lowest BCUT2D eigenvalue weighted by Gasteiger charge is -2.48. The van der Waals surface area contributed by atoms with E-state index >= 15 is 0 Å². The second kappa shape index (κ2) is 36.2. The van der Waals surface area contributed by atoms with Crippen molar-refractivity contribution in [2.45, 2.75) is 166 Å². The summed E-state index contributed by atoms with van der Waals surface area (Å²) in [5, 5.41) is 0. The standard InChI is InChI=1S/C75H82O20/c1-50(76)81-48-63(89-51(2)77)66-69(72(90-52(3)78)75(94-66)91-53(4)79)95-74-71(87-46-60-38-24-11-25-39-60)68(85-44-58-34-20-9-21-35-58)65(83-42-56-30-16-7-17-31-56)62(93-74)49-88-73-70(86-45-59-36-22-10-23-37-59)67(84-43-57-32-18-8-19-33-57)64(82-41-55-28-14-6-15-29-55)61(92-73)47-80-40-54-26-12-5-13-27-54/h5-39,61-75H,40-49H2,1-4H3/t61-,62-,63-,64+,65+,66+,67+,68+,69+,70-,71-,72-,73+,74-,75?/m1/s1. The number of benzene rings is 7. The van der Waals surface area contributed by atoms with Crippen molar-refractivity contribution < 1.29 is 95.0 Å². The van der Waals surface area contributed by atoms with Gasteiger partial charge in [0, 0.05) is 27.7 Å². The highest BCUT2D eigenvalue weighted by Gasteiger charge is 2.58. The summed E-state index contributed by atoms with van der Waals surface area (Å²) in [4.78, 5) is 51.5. The maximum atomic E-state index is 13.2. The van der Waals surface area contributed by atoms with Crippen molar-refractivity contribution in [3.05, 3.63) is 251 Å². The molecule has 0 amide bonds. The van der Waals surface area contributed by atoms with Gasteiger partial charge in [0.15, 0.2) is 24.8 Å². The molecule has 0 N–H and O–H groups in total. The van der Waals surface area contributed by atoms with Crippen molar-refractivity contribution in [1.29, 1.82) is 0 Å². The molecule has 1 unspecified atom stereocenters. The fraction of sp³-hybridized carbons (Fsp3) is 0.387. The van der Waals surface area contributed by atoms with Crippen LogP contribution >= 0.6 is 0 Å². The quantitative estimate of drug-likeness (QED) is 0.0276. The summed E-state index contributed by atoms with van der Waals surface area (Å²) in [6, 6.07) is 67.7. The van der Waals surface area contributed by atoms with Crippen LogP contribution in [0.5, 0.6) is 0 Å². The highest BCUT2D eigenvalue weighted by atomic mass is 16.8. The van der Waals surface area contributed by atoms with E-state index in [4.69, 9.17) is 75.8 Å². The van der Waals surface area contributed by atoms with Gasteiger partial charge in [-0.05, 0) is 38.9 Å². The third-order valence-electron chi connectivity index (χ3n) is 15.9. The summed E-state index contributed by atoms with van der Waals surface area (Å²) in [6.07, 6.45) is -18.5. The summed E-state index contributed by atoms with van der Waals surface area (Å²) in [5.41, 5.74) is 6.06. The Labute approximate surface area is 553 Å². The van der Waals surface area contributed by atoms with Gasteiger partial charge in [-0.15, -0.1) is 0 Å². The lowest BCUT2D eigenvalue weighted by Crippen LogP contribution is -2.64. The number of rotatable bonds is 33. The van der Waals surface area contributed by atoms with Gasteiger partial charge in [0.05, 0.1) is 59.5 Å². The van der Waals surface area contributed by atoms with E-state index in [1.165, 1.54) is 6.92 Å². The topological polar surface area (TPSA) is 216 Å². The van der Waals surface area contributed by atoms with Crippen LogP contribution < -0.4 is 0 Å². The molecule has 3 fully saturated rings. The molecule has 0 saturated carbocycles. The Bertz CT molecular complexity index is 3390. The van der Waals surface area contributed by atoms with E-state index < -0.39 is 123 Å². The van der Waals surface area contributed by atoms with Crippen LogP contribution in [-0.2, 0) is 141 Å². The van der Waals surface area contributed by atoms with Gasteiger partial charge in [-0.3, -0.25) is 19.2 Å². The van der Waals surface area contributed by atoms with Gasteiger partial charge in [0.25, 0.3) is 0 Å². The van der Waals surface area contributed by atoms with Crippen LogP contribution in [0.1, 0.15) is 66.6 Å². The largest absolute Gasteiger partial charge is 0.462 e. The Hall–Kier alpha value is -8.06. The summed E-state index contributed by atoms with van der Waals surface area (Å²) in [6.45, 7) is 4.64. The van der Waals surface area contributed by atoms with E-state index in [2.05, 4.69) is 0 Å². The maximum Gasteiger partial charge on any atom is 0.305 e. The SMILES string of the molecule is CC(=O)OC[C@@H](OC(C)=O)[C@@H]1OC(OC(C)=O)[C@H](OC(C)=O)[C@H]1O[C@H]1O[C@H](CO[C@H]2O[C@H](COCc3ccccc3)[C@H](OCc3ccccc3)[C@H](OCc3ccccc3)[C@H]2OCc2ccccc2)[C@H](OCc2ccccc2)[C@H](OCc2ccccc2)[C@H]1OCc1ccccc1. The third kappa shape index (κ3) is 21.0. The second-order valence-electron chi connectivity index (χ2n) is 23.2. The minimum atomic E-state index is -1.64. The highest BCUT2D eigenvalue weighted by Crippen LogP contribution is 2.39. The molecule has 15 atom stereocenters. The van der Waals surface area contributed by atoms with Crippen LogP contribution in [0.4, 0.5) is 0 Å². The first-order valence-corrected chi connectivity index (χ1v) is 31.8. The van der Waals surface area contributed by atoms with Crippen LogP contribution in [0.15, 0.2) is 212 Å². The van der Waals surface area contributed by atoms with Crippen molar-refractivity contribution in [3.63, 3.8) is 0 Å². The van der Waals surface area contributed by atoms with E-state index in [0.717, 1.165) is 59.7 Å². The van der Waals surface area contributed by atoms with Crippen LogP contribution in [0.25, 0.3) is 0 Å². The molecule has 0 bridgehead atoms. The van der Waals surface area contributed by atoms with Crippen molar-refractivity contribution in [2.75, 3.05) is 19.8 Å². The van der Waals surface area contributed by atoms with Crippen molar-refractivity contribution >= 4 is 23.9 Å². The molecule has 502 valence electrons. The molecule has 0 aromatic heterocycles. The Morgan fingerprint density at radius 3 is 1.05 bits per heavy atom. The molecule has 0 radical (unpaired) electrons. The maximum absolute atomic E-state index is 13.2. The summed E-state index contributed by atoms with van der Waals surface area (Å²) < 4.78 is 107. The van der Waals surface area contributed by atoms with Gasteiger partial charge in [-0.2, -0.15) is 0 Å². The van der Waals surface area contributed by atoms with Gasteiger partial charge in [-0.25, -0.2) is 0 Å². The molecule has 10 rings (SSSR count). The average molecular weight is 1300 g/mol. The second-order valence-corrected chi connectivity index (χ2v) is 23.2. The van der Waals surface area contributed by atoms with Crippen LogP contribution in [0.3, 0.4) is 0 Å². The van der Waals surface area contributed by atoms with Crippen LogP contribution in [0.2, 0.25) is 0 Å². The Balaban J connectivity index is 1.08.